The third kappa shape index (κ3) is 2.27. The molecule has 0 aliphatic carbocycles. The van der Waals surface area contributed by atoms with E-state index in [0.29, 0.717) is 10.8 Å². The standard InChI is InChI=1S/C11H8O5S/c12-11(13)8-2-1-7-3-4-10(17(14,15)16)6-9(7)5-8/h1-6H,(H,12,13)(H,14,15,16). The van der Waals surface area contributed by atoms with Crippen molar-refractivity contribution < 1.29 is 22.9 Å². The second-order valence-corrected chi connectivity index (χ2v) is 4.93. The Morgan fingerprint density at radius 3 is 2.24 bits per heavy atom. The first-order valence-electron chi connectivity index (χ1n) is 4.62. The number of benzene rings is 2. The molecule has 0 aliphatic rings. The maximum atomic E-state index is 10.9. The fourth-order valence-corrected chi connectivity index (χ4v) is 2.03. The molecule has 2 rings (SSSR count). The maximum Gasteiger partial charge on any atom is 0.335 e. The lowest BCUT2D eigenvalue weighted by Gasteiger charge is -2.02. The van der Waals surface area contributed by atoms with Gasteiger partial charge in [0.2, 0.25) is 0 Å². The fourth-order valence-electron chi connectivity index (χ4n) is 1.52. The number of aromatic carboxylic acids is 1. The summed E-state index contributed by atoms with van der Waals surface area (Å²) >= 11 is 0. The molecule has 0 atom stereocenters. The third-order valence-electron chi connectivity index (χ3n) is 2.36. The van der Waals surface area contributed by atoms with Gasteiger partial charge in [-0.05, 0) is 35.0 Å². The number of carboxylic acids is 1. The Morgan fingerprint density at radius 1 is 1.00 bits per heavy atom. The van der Waals surface area contributed by atoms with Gasteiger partial charge in [-0.2, -0.15) is 8.42 Å². The van der Waals surface area contributed by atoms with E-state index in [1.165, 1.54) is 30.3 Å². The molecule has 0 aromatic heterocycles. The molecule has 0 amide bonds. The van der Waals surface area contributed by atoms with Crippen molar-refractivity contribution in [2.75, 3.05) is 0 Å². The zero-order chi connectivity index (χ0) is 12.6. The predicted molar refractivity (Wildman–Crippen MR) is 60.7 cm³/mol. The van der Waals surface area contributed by atoms with E-state index < -0.39 is 16.1 Å². The van der Waals surface area contributed by atoms with Crippen molar-refractivity contribution >= 4 is 26.9 Å². The van der Waals surface area contributed by atoms with E-state index in [4.69, 9.17) is 9.66 Å². The van der Waals surface area contributed by atoms with Crippen LogP contribution in [-0.4, -0.2) is 24.0 Å². The zero-order valence-corrected chi connectivity index (χ0v) is 9.31. The number of fused-ring (bicyclic) bond motifs is 1. The summed E-state index contributed by atoms with van der Waals surface area (Å²) in [6.07, 6.45) is 0. The molecule has 0 heterocycles. The number of rotatable bonds is 2. The van der Waals surface area contributed by atoms with Crippen LogP contribution in [0, 0.1) is 0 Å². The minimum absolute atomic E-state index is 0.0602. The van der Waals surface area contributed by atoms with Crippen molar-refractivity contribution in [2.24, 2.45) is 0 Å². The molecule has 0 saturated carbocycles. The van der Waals surface area contributed by atoms with Gasteiger partial charge in [0, 0.05) is 0 Å². The summed E-state index contributed by atoms with van der Waals surface area (Å²) < 4.78 is 30.8. The monoisotopic (exact) mass is 252 g/mol. The van der Waals surface area contributed by atoms with Crippen molar-refractivity contribution in [1.29, 1.82) is 0 Å². The zero-order valence-electron chi connectivity index (χ0n) is 8.49. The van der Waals surface area contributed by atoms with E-state index in [-0.39, 0.29) is 10.5 Å². The summed E-state index contributed by atoms with van der Waals surface area (Å²) in [7, 11) is -4.27. The highest BCUT2D eigenvalue weighted by atomic mass is 32.2. The smallest absolute Gasteiger partial charge is 0.335 e. The van der Waals surface area contributed by atoms with Gasteiger partial charge in [0.1, 0.15) is 0 Å². The number of hydrogen-bond acceptors (Lipinski definition) is 3. The normalized spacial score (nSPS) is 11.6. The molecule has 0 saturated heterocycles. The van der Waals surface area contributed by atoms with Crippen LogP contribution in [0.15, 0.2) is 41.3 Å². The Labute approximate surface area is 97.1 Å². The lowest BCUT2D eigenvalue weighted by atomic mass is 10.1. The number of carboxylic acid groups (broad SMARTS) is 1. The first-order valence-corrected chi connectivity index (χ1v) is 6.06. The molecular weight excluding hydrogens is 244 g/mol. The molecule has 2 aromatic carbocycles. The average molecular weight is 252 g/mol. The van der Waals surface area contributed by atoms with Gasteiger partial charge in [0.05, 0.1) is 10.5 Å². The maximum absolute atomic E-state index is 10.9. The molecule has 5 nitrogen and oxygen atoms in total. The van der Waals surface area contributed by atoms with Gasteiger partial charge >= 0.3 is 5.97 Å². The Morgan fingerprint density at radius 2 is 1.65 bits per heavy atom. The summed E-state index contributed by atoms with van der Waals surface area (Å²) in [5, 5.41) is 9.95. The third-order valence-corrected chi connectivity index (χ3v) is 3.21. The molecule has 0 aliphatic heterocycles. The molecule has 0 fully saturated rings. The highest BCUT2D eigenvalue weighted by Gasteiger charge is 2.10. The highest BCUT2D eigenvalue weighted by molar-refractivity contribution is 7.85. The largest absolute Gasteiger partial charge is 0.478 e. The van der Waals surface area contributed by atoms with Crippen LogP contribution in [-0.2, 0) is 10.1 Å². The van der Waals surface area contributed by atoms with Crippen LogP contribution in [0.25, 0.3) is 10.8 Å². The SMILES string of the molecule is O=C(O)c1ccc2ccc(S(=O)(=O)O)cc2c1. The van der Waals surface area contributed by atoms with E-state index in [2.05, 4.69) is 0 Å². The van der Waals surface area contributed by atoms with Crippen LogP contribution in [0.3, 0.4) is 0 Å². The predicted octanol–water partition coefficient (Wildman–Crippen LogP) is 1.78. The van der Waals surface area contributed by atoms with E-state index in [1.54, 1.807) is 6.07 Å². The Bertz CT molecular complexity index is 703. The van der Waals surface area contributed by atoms with Gasteiger partial charge in [-0.1, -0.05) is 12.1 Å². The van der Waals surface area contributed by atoms with Crippen molar-refractivity contribution in [1.82, 2.24) is 0 Å². The second kappa shape index (κ2) is 3.83. The minimum atomic E-state index is -4.27. The summed E-state index contributed by atoms with van der Waals surface area (Å²) in [6, 6.07) is 8.36. The van der Waals surface area contributed by atoms with E-state index >= 15 is 0 Å². The summed E-state index contributed by atoms with van der Waals surface area (Å²) in [4.78, 5) is 10.5. The summed E-state index contributed by atoms with van der Waals surface area (Å²) in [5.41, 5.74) is 0.0602. The molecule has 0 unspecified atom stereocenters. The van der Waals surface area contributed by atoms with Crippen molar-refractivity contribution in [3.05, 3.63) is 42.0 Å². The quantitative estimate of drug-likeness (QED) is 0.795. The second-order valence-electron chi connectivity index (χ2n) is 3.50. The van der Waals surface area contributed by atoms with Gasteiger partial charge in [-0.25, -0.2) is 4.79 Å². The van der Waals surface area contributed by atoms with Gasteiger partial charge < -0.3 is 5.11 Å². The van der Waals surface area contributed by atoms with E-state index in [0.717, 1.165) is 0 Å². The summed E-state index contributed by atoms with van der Waals surface area (Å²) in [6.45, 7) is 0. The first kappa shape index (κ1) is 11.6. The van der Waals surface area contributed by atoms with Crippen LogP contribution in [0.4, 0.5) is 0 Å². The highest BCUT2D eigenvalue weighted by Crippen LogP contribution is 2.20. The van der Waals surface area contributed by atoms with Gasteiger partial charge in [-0.3, -0.25) is 4.55 Å². The molecule has 0 bridgehead atoms. The van der Waals surface area contributed by atoms with Gasteiger partial charge in [-0.15, -0.1) is 0 Å². The molecular formula is C11H8O5S. The molecule has 88 valence electrons. The van der Waals surface area contributed by atoms with E-state index in [1.807, 2.05) is 0 Å². The van der Waals surface area contributed by atoms with Gasteiger partial charge in [0.25, 0.3) is 10.1 Å². The molecule has 0 radical (unpaired) electrons. The molecule has 2 N–H and O–H groups in total. The Hall–Kier alpha value is -1.92. The van der Waals surface area contributed by atoms with E-state index in [9.17, 15) is 13.2 Å². The molecule has 0 spiro atoms. The summed E-state index contributed by atoms with van der Waals surface area (Å²) in [5.74, 6) is -1.09. The van der Waals surface area contributed by atoms with Crippen LogP contribution < -0.4 is 0 Å². The Kier molecular flexibility index (Phi) is 2.60. The first-order chi connectivity index (χ1) is 7.88. The van der Waals surface area contributed by atoms with Crippen LogP contribution in [0.5, 0.6) is 0 Å². The number of carbonyl (C=O) groups is 1. The molecule has 6 heteroatoms. The topological polar surface area (TPSA) is 91.7 Å². The lowest BCUT2D eigenvalue weighted by molar-refractivity contribution is 0.0697. The lowest BCUT2D eigenvalue weighted by Crippen LogP contribution is -1.98. The van der Waals surface area contributed by atoms with Crippen LogP contribution in [0.1, 0.15) is 10.4 Å². The number of hydrogen-bond donors (Lipinski definition) is 2. The Balaban J connectivity index is 2.71. The fraction of sp³-hybridized carbons (Fsp3) is 0. The minimum Gasteiger partial charge on any atom is -0.478 e. The van der Waals surface area contributed by atoms with Crippen LogP contribution >= 0.6 is 0 Å². The van der Waals surface area contributed by atoms with Gasteiger partial charge in [0.15, 0.2) is 0 Å². The molecule has 17 heavy (non-hydrogen) atoms. The van der Waals surface area contributed by atoms with Crippen molar-refractivity contribution in [3.8, 4) is 0 Å². The van der Waals surface area contributed by atoms with Crippen molar-refractivity contribution in [2.45, 2.75) is 4.90 Å². The molecule has 2 aromatic rings. The average Bonchev–Trinajstić information content (AvgIpc) is 2.26. The van der Waals surface area contributed by atoms with Crippen molar-refractivity contribution in [3.63, 3.8) is 0 Å². The van der Waals surface area contributed by atoms with Crippen LogP contribution in [0.2, 0.25) is 0 Å².